The van der Waals surface area contributed by atoms with E-state index < -0.39 is 0 Å². The van der Waals surface area contributed by atoms with Crippen LogP contribution in [-0.2, 0) is 4.74 Å². The summed E-state index contributed by atoms with van der Waals surface area (Å²) in [6.07, 6.45) is 1.82. The quantitative estimate of drug-likeness (QED) is 0.804. The molecule has 0 saturated carbocycles. The van der Waals surface area contributed by atoms with E-state index in [1.54, 1.807) is 10.6 Å². The normalized spacial score (nSPS) is 14.8. The van der Waals surface area contributed by atoms with Crippen LogP contribution in [0, 0.1) is 0 Å². The smallest absolute Gasteiger partial charge is 0.276 e. The van der Waals surface area contributed by atoms with Gasteiger partial charge in [0.05, 0.1) is 18.7 Å². The first kappa shape index (κ1) is 14.7. The summed E-state index contributed by atoms with van der Waals surface area (Å²) in [6.45, 7) is 3.30. The van der Waals surface area contributed by atoms with Crippen molar-refractivity contribution in [2.45, 2.75) is 0 Å². The molecule has 122 valence electrons. The number of carbonyl (C=O) groups excluding carboxylic acids is 1. The molecule has 6 heteroatoms. The molecule has 1 aliphatic heterocycles. The minimum absolute atomic E-state index is 0.210. The number of benzene rings is 1. The second-order valence-corrected chi connectivity index (χ2v) is 5.70. The highest BCUT2D eigenvalue weighted by atomic mass is 16.5. The third kappa shape index (κ3) is 2.96. The van der Waals surface area contributed by atoms with Gasteiger partial charge in [-0.15, -0.1) is 0 Å². The molecule has 1 aromatic carbocycles. The first-order chi connectivity index (χ1) is 11.8. The van der Waals surface area contributed by atoms with Crippen LogP contribution in [0.4, 0.5) is 11.4 Å². The van der Waals surface area contributed by atoms with Gasteiger partial charge in [-0.1, -0.05) is 6.07 Å². The first-order valence-corrected chi connectivity index (χ1v) is 7.98. The summed E-state index contributed by atoms with van der Waals surface area (Å²) in [5.74, 6) is -0.210. The maximum atomic E-state index is 12.4. The molecular weight excluding hydrogens is 304 g/mol. The van der Waals surface area contributed by atoms with Gasteiger partial charge in [0.2, 0.25) is 0 Å². The SMILES string of the molecule is O=C(Nc1ccc(N2CCOCC2)cc1)c1cc2ccccn2n1. The van der Waals surface area contributed by atoms with E-state index in [9.17, 15) is 4.79 Å². The number of anilines is 2. The highest BCUT2D eigenvalue weighted by Gasteiger charge is 2.13. The van der Waals surface area contributed by atoms with Crippen molar-refractivity contribution in [2.75, 3.05) is 36.5 Å². The van der Waals surface area contributed by atoms with Crippen molar-refractivity contribution in [3.63, 3.8) is 0 Å². The number of hydrogen-bond acceptors (Lipinski definition) is 4. The van der Waals surface area contributed by atoms with E-state index in [1.165, 1.54) is 0 Å². The van der Waals surface area contributed by atoms with E-state index in [0.29, 0.717) is 5.69 Å². The molecule has 3 heterocycles. The zero-order valence-corrected chi connectivity index (χ0v) is 13.2. The number of ether oxygens (including phenoxy) is 1. The molecule has 3 aromatic rings. The van der Waals surface area contributed by atoms with Gasteiger partial charge in [-0.25, -0.2) is 4.52 Å². The molecule has 1 fully saturated rings. The molecule has 24 heavy (non-hydrogen) atoms. The Balaban J connectivity index is 1.47. The van der Waals surface area contributed by atoms with Gasteiger partial charge in [0.25, 0.3) is 5.91 Å². The second-order valence-electron chi connectivity index (χ2n) is 5.70. The predicted octanol–water partition coefficient (Wildman–Crippen LogP) is 2.42. The van der Waals surface area contributed by atoms with Gasteiger partial charge >= 0.3 is 0 Å². The Morgan fingerprint density at radius 3 is 2.62 bits per heavy atom. The number of hydrogen-bond donors (Lipinski definition) is 1. The number of pyridine rings is 1. The van der Waals surface area contributed by atoms with E-state index in [2.05, 4.69) is 15.3 Å². The van der Waals surface area contributed by atoms with Crippen LogP contribution in [0.3, 0.4) is 0 Å². The molecule has 1 saturated heterocycles. The molecule has 1 amide bonds. The summed E-state index contributed by atoms with van der Waals surface area (Å²) in [5.41, 5.74) is 3.20. The Hall–Kier alpha value is -2.86. The highest BCUT2D eigenvalue weighted by Crippen LogP contribution is 2.19. The third-order valence-corrected chi connectivity index (χ3v) is 4.10. The van der Waals surface area contributed by atoms with Crippen LogP contribution in [0.25, 0.3) is 5.52 Å². The predicted molar refractivity (Wildman–Crippen MR) is 92.6 cm³/mol. The first-order valence-electron chi connectivity index (χ1n) is 7.98. The van der Waals surface area contributed by atoms with E-state index in [-0.39, 0.29) is 5.91 Å². The fourth-order valence-electron chi connectivity index (χ4n) is 2.82. The van der Waals surface area contributed by atoms with Crippen molar-refractivity contribution < 1.29 is 9.53 Å². The lowest BCUT2D eigenvalue weighted by atomic mass is 10.2. The van der Waals surface area contributed by atoms with Crippen LogP contribution in [0.15, 0.2) is 54.7 Å². The van der Waals surface area contributed by atoms with Gasteiger partial charge in [0.1, 0.15) is 0 Å². The molecule has 0 atom stereocenters. The molecule has 6 nitrogen and oxygen atoms in total. The molecule has 0 bridgehead atoms. The number of fused-ring (bicyclic) bond motifs is 1. The standard InChI is InChI=1S/C18H18N4O2/c23-18(17-13-16-3-1-2-8-22(16)20-17)19-14-4-6-15(7-5-14)21-9-11-24-12-10-21/h1-8,13H,9-12H2,(H,19,23). The number of carbonyl (C=O) groups is 1. The lowest BCUT2D eigenvalue weighted by Crippen LogP contribution is -2.36. The zero-order chi connectivity index (χ0) is 16.4. The van der Waals surface area contributed by atoms with Crippen molar-refractivity contribution in [2.24, 2.45) is 0 Å². The van der Waals surface area contributed by atoms with Crippen molar-refractivity contribution in [3.05, 3.63) is 60.4 Å². The maximum absolute atomic E-state index is 12.4. The van der Waals surface area contributed by atoms with Crippen molar-refractivity contribution in [1.29, 1.82) is 0 Å². The third-order valence-electron chi connectivity index (χ3n) is 4.10. The maximum Gasteiger partial charge on any atom is 0.276 e. The summed E-state index contributed by atoms with van der Waals surface area (Å²) in [6, 6.07) is 15.4. The molecular formula is C18H18N4O2. The number of amides is 1. The monoisotopic (exact) mass is 322 g/mol. The second kappa shape index (κ2) is 6.33. The Kier molecular flexibility index (Phi) is 3.88. The Bertz CT molecular complexity index is 818. The lowest BCUT2D eigenvalue weighted by Gasteiger charge is -2.28. The average Bonchev–Trinajstić information content (AvgIpc) is 3.07. The van der Waals surface area contributed by atoms with Crippen LogP contribution in [-0.4, -0.2) is 41.8 Å². The Morgan fingerprint density at radius 1 is 1.08 bits per heavy atom. The van der Waals surface area contributed by atoms with Crippen LogP contribution in [0.1, 0.15) is 10.5 Å². The van der Waals surface area contributed by atoms with Gasteiger partial charge < -0.3 is 15.0 Å². The van der Waals surface area contributed by atoms with Gasteiger partial charge in [0.15, 0.2) is 5.69 Å². The fourth-order valence-corrected chi connectivity index (χ4v) is 2.82. The number of nitrogens with one attached hydrogen (secondary N) is 1. The lowest BCUT2D eigenvalue weighted by molar-refractivity contribution is 0.102. The highest BCUT2D eigenvalue weighted by molar-refractivity contribution is 6.03. The van der Waals surface area contributed by atoms with Crippen LogP contribution in [0.2, 0.25) is 0 Å². The van der Waals surface area contributed by atoms with Gasteiger partial charge in [-0.05, 0) is 42.5 Å². The largest absolute Gasteiger partial charge is 0.378 e. The fraction of sp³-hybridized carbons (Fsp3) is 0.222. The number of morpholine rings is 1. The van der Waals surface area contributed by atoms with Crippen molar-refractivity contribution >= 4 is 22.8 Å². The topological polar surface area (TPSA) is 58.9 Å². The Labute approximate surface area is 139 Å². The van der Waals surface area contributed by atoms with Crippen molar-refractivity contribution in [3.8, 4) is 0 Å². The van der Waals surface area contributed by atoms with Crippen molar-refractivity contribution in [1.82, 2.24) is 9.61 Å². The van der Waals surface area contributed by atoms with Gasteiger partial charge in [0, 0.05) is 30.7 Å². The average molecular weight is 322 g/mol. The van der Waals surface area contributed by atoms with Crippen LogP contribution >= 0.6 is 0 Å². The van der Waals surface area contributed by atoms with E-state index in [0.717, 1.165) is 43.2 Å². The van der Waals surface area contributed by atoms with Gasteiger partial charge in [-0.3, -0.25) is 4.79 Å². The summed E-state index contributed by atoms with van der Waals surface area (Å²) in [4.78, 5) is 14.6. The summed E-state index contributed by atoms with van der Waals surface area (Å²) in [7, 11) is 0. The molecule has 0 aliphatic carbocycles. The van der Waals surface area contributed by atoms with E-state index in [4.69, 9.17) is 4.74 Å². The summed E-state index contributed by atoms with van der Waals surface area (Å²) >= 11 is 0. The molecule has 1 aliphatic rings. The number of nitrogens with zero attached hydrogens (tertiary/aromatic N) is 3. The minimum Gasteiger partial charge on any atom is -0.378 e. The van der Waals surface area contributed by atoms with E-state index >= 15 is 0 Å². The van der Waals surface area contributed by atoms with Crippen LogP contribution in [0.5, 0.6) is 0 Å². The number of aromatic nitrogens is 2. The molecule has 1 N–H and O–H groups in total. The Morgan fingerprint density at radius 2 is 1.88 bits per heavy atom. The van der Waals surface area contributed by atoms with E-state index in [1.807, 2.05) is 48.7 Å². The van der Waals surface area contributed by atoms with Crippen LogP contribution < -0.4 is 10.2 Å². The molecule has 0 unspecified atom stereocenters. The summed E-state index contributed by atoms with van der Waals surface area (Å²) < 4.78 is 7.05. The zero-order valence-electron chi connectivity index (χ0n) is 13.2. The molecule has 0 radical (unpaired) electrons. The number of rotatable bonds is 3. The van der Waals surface area contributed by atoms with Gasteiger partial charge in [-0.2, -0.15) is 5.10 Å². The minimum atomic E-state index is -0.210. The summed E-state index contributed by atoms with van der Waals surface area (Å²) in [5, 5.41) is 7.17. The molecule has 4 rings (SSSR count). The molecule has 0 spiro atoms. The molecule has 2 aromatic heterocycles.